The zero-order valence-corrected chi connectivity index (χ0v) is 14.8. The van der Waals surface area contributed by atoms with E-state index >= 15 is 0 Å². The molecule has 4 aromatic rings. The van der Waals surface area contributed by atoms with E-state index < -0.39 is 6.55 Å². The molecule has 0 amide bonds. The van der Waals surface area contributed by atoms with Crippen LogP contribution in [0.2, 0.25) is 5.02 Å². The molecular weight excluding hydrogens is 380 g/mol. The van der Waals surface area contributed by atoms with Gasteiger partial charge in [0, 0.05) is 22.3 Å². The number of aromatic nitrogens is 4. The van der Waals surface area contributed by atoms with Crippen LogP contribution in [0.5, 0.6) is 0 Å². The van der Waals surface area contributed by atoms with Crippen molar-refractivity contribution in [2.24, 2.45) is 0 Å². The third kappa shape index (κ3) is 3.25. The fourth-order valence-corrected chi connectivity index (χ4v) is 3.77. The summed E-state index contributed by atoms with van der Waals surface area (Å²) in [5, 5.41) is 3.75. The molecule has 0 unspecified atom stereocenters. The smallest absolute Gasteiger partial charge is 0.319 e. The summed E-state index contributed by atoms with van der Waals surface area (Å²) in [4.78, 5) is 13.5. The number of hydrogen-bond donors (Lipinski definition) is 1. The van der Waals surface area contributed by atoms with E-state index in [2.05, 4.69) is 20.3 Å². The van der Waals surface area contributed by atoms with E-state index in [1.807, 2.05) is 30.3 Å². The van der Waals surface area contributed by atoms with Crippen molar-refractivity contribution in [2.45, 2.75) is 13.1 Å². The number of imidazole rings is 1. The molecule has 3 heterocycles. The van der Waals surface area contributed by atoms with Gasteiger partial charge in [-0.05, 0) is 23.8 Å². The van der Waals surface area contributed by atoms with Gasteiger partial charge in [-0.1, -0.05) is 23.7 Å². The van der Waals surface area contributed by atoms with Gasteiger partial charge in [0.2, 0.25) is 0 Å². The Balaban J connectivity index is 1.63. The van der Waals surface area contributed by atoms with Gasteiger partial charge in [-0.25, -0.2) is 15.0 Å². The first kappa shape index (κ1) is 16.9. The highest BCUT2D eigenvalue weighted by molar-refractivity contribution is 7.22. The second-order valence-corrected chi connectivity index (χ2v) is 6.92. The topological polar surface area (TPSA) is 55.6 Å². The molecule has 1 aromatic carbocycles. The summed E-state index contributed by atoms with van der Waals surface area (Å²) in [6.07, 6.45) is 4.05. The highest BCUT2D eigenvalue weighted by Gasteiger charge is 2.14. The molecule has 0 saturated heterocycles. The SMILES string of the molecule is FC(F)n1ccnc1CNc1ncnc2cc(-c3ccc(Cl)cc3)sc12. The highest BCUT2D eigenvalue weighted by Crippen LogP contribution is 2.36. The summed E-state index contributed by atoms with van der Waals surface area (Å²) >= 11 is 7.46. The van der Waals surface area contributed by atoms with Crippen LogP contribution in [0.3, 0.4) is 0 Å². The van der Waals surface area contributed by atoms with Crippen LogP contribution in [0.4, 0.5) is 14.6 Å². The van der Waals surface area contributed by atoms with Crippen LogP contribution in [0.15, 0.2) is 49.1 Å². The summed E-state index contributed by atoms with van der Waals surface area (Å²) in [5.41, 5.74) is 1.81. The molecule has 132 valence electrons. The molecule has 3 aromatic heterocycles. The van der Waals surface area contributed by atoms with E-state index in [4.69, 9.17) is 11.6 Å². The maximum absolute atomic E-state index is 12.9. The van der Waals surface area contributed by atoms with E-state index in [0.717, 1.165) is 25.2 Å². The molecule has 0 saturated carbocycles. The van der Waals surface area contributed by atoms with Crippen molar-refractivity contribution in [1.82, 2.24) is 19.5 Å². The molecule has 0 fully saturated rings. The van der Waals surface area contributed by atoms with Crippen molar-refractivity contribution < 1.29 is 8.78 Å². The molecule has 0 bridgehead atoms. The van der Waals surface area contributed by atoms with Crippen LogP contribution in [-0.4, -0.2) is 19.5 Å². The van der Waals surface area contributed by atoms with Crippen molar-refractivity contribution in [2.75, 3.05) is 5.32 Å². The van der Waals surface area contributed by atoms with E-state index in [1.54, 1.807) is 0 Å². The molecule has 1 N–H and O–H groups in total. The van der Waals surface area contributed by atoms with Gasteiger partial charge in [0.15, 0.2) is 0 Å². The van der Waals surface area contributed by atoms with E-state index in [1.165, 1.54) is 30.1 Å². The molecule has 0 aliphatic rings. The average Bonchev–Trinajstić information content (AvgIpc) is 3.27. The minimum absolute atomic E-state index is 0.137. The van der Waals surface area contributed by atoms with Crippen LogP contribution in [0.25, 0.3) is 20.7 Å². The van der Waals surface area contributed by atoms with Crippen molar-refractivity contribution >= 4 is 39.0 Å². The van der Waals surface area contributed by atoms with Crippen molar-refractivity contribution in [1.29, 1.82) is 0 Å². The van der Waals surface area contributed by atoms with Crippen LogP contribution in [0, 0.1) is 0 Å². The Morgan fingerprint density at radius 3 is 2.73 bits per heavy atom. The fraction of sp³-hybridized carbons (Fsp3) is 0.118. The quantitative estimate of drug-likeness (QED) is 0.507. The maximum Gasteiger partial charge on any atom is 0.319 e. The molecule has 0 radical (unpaired) electrons. The number of thiophene rings is 1. The third-order valence-electron chi connectivity index (χ3n) is 3.81. The van der Waals surface area contributed by atoms with Crippen LogP contribution >= 0.6 is 22.9 Å². The Morgan fingerprint density at radius 2 is 1.96 bits per heavy atom. The van der Waals surface area contributed by atoms with Gasteiger partial charge in [0.05, 0.1) is 16.8 Å². The Bertz CT molecular complexity index is 1040. The number of benzene rings is 1. The van der Waals surface area contributed by atoms with E-state index in [0.29, 0.717) is 10.8 Å². The first-order valence-corrected chi connectivity index (χ1v) is 8.85. The number of hydrogen-bond acceptors (Lipinski definition) is 5. The number of nitrogens with zero attached hydrogens (tertiary/aromatic N) is 4. The van der Waals surface area contributed by atoms with Crippen molar-refractivity contribution in [3.63, 3.8) is 0 Å². The third-order valence-corrected chi connectivity index (χ3v) is 5.25. The first-order valence-electron chi connectivity index (χ1n) is 7.66. The average molecular weight is 392 g/mol. The molecule has 5 nitrogen and oxygen atoms in total. The Labute approximate surface area is 156 Å². The van der Waals surface area contributed by atoms with Gasteiger partial charge in [-0.15, -0.1) is 11.3 Å². The number of fused-ring (bicyclic) bond motifs is 1. The number of halogens is 3. The van der Waals surface area contributed by atoms with Gasteiger partial charge in [0.25, 0.3) is 0 Å². The van der Waals surface area contributed by atoms with Crippen LogP contribution < -0.4 is 5.32 Å². The van der Waals surface area contributed by atoms with Gasteiger partial charge in [0.1, 0.15) is 18.0 Å². The zero-order valence-electron chi connectivity index (χ0n) is 13.2. The first-order chi connectivity index (χ1) is 12.6. The Morgan fingerprint density at radius 1 is 1.15 bits per heavy atom. The summed E-state index contributed by atoms with van der Waals surface area (Å²) in [6.45, 7) is -2.49. The number of alkyl halides is 2. The van der Waals surface area contributed by atoms with Gasteiger partial charge >= 0.3 is 6.55 Å². The minimum Gasteiger partial charge on any atom is -0.362 e. The molecule has 0 aliphatic carbocycles. The number of anilines is 1. The Kier molecular flexibility index (Phi) is 4.52. The van der Waals surface area contributed by atoms with E-state index in [-0.39, 0.29) is 12.4 Å². The van der Waals surface area contributed by atoms with E-state index in [9.17, 15) is 8.78 Å². The van der Waals surface area contributed by atoms with Gasteiger partial charge in [-0.3, -0.25) is 4.57 Å². The lowest BCUT2D eigenvalue weighted by molar-refractivity contribution is 0.0673. The van der Waals surface area contributed by atoms with Crippen LogP contribution in [-0.2, 0) is 6.54 Å². The summed E-state index contributed by atoms with van der Waals surface area (Å²) in [6, 6.07) is 9.50. The highest BCUT2D eigenvalue weighted by atomic mass is 35.5. The molecule has 0 aliphatic heterocycles. The van der Waals surface area contributed by atoms with Gasteiger partial charge in [-0.2, -0.15) is 8.78 Å². The standard InChI is InChI=1S/C17H12ClF2N5S/c18-11-3-1-10(2-4-11)13-7-12-15(26-13)16(24-9-23-12)22-8-14-21-5-6-25(14)17(19)20/h1-7,9,17H,8H2,(H,22,23,24). The molecule has 0 spiro atoms. The van der Waals surface area contributed by atoms with Crippen molar-refractivity contribution in [3.8, 4) is 10.4 Å². The molecule has 26 heavy (non-hydrogen) atoms. The Hall–Kier alpha value is -2.58. The number of nitrogens with one attached hydrogen (secondary N) is 1. The lowest BCUT2D eigenvalue weighted by Crippen LogP contribution is -2.09. The second kappa shape index (κ2) is 6.97. The molecule has 4 rings (SSSR count). The van der Waals surface area contributed by atoms with Crippen LogP contribution in [0.1, 0.15) is 12.4 Å². The number of rotatable bonds is 5. The predicted octanol–water partition coefficient (Wildman–Crippen LogP) is 5.22. The monoisotopic (exact) mass is 391 g/mol. The van der Waals surface area contributed by atoms with Gasteiger partial charge < -0.3 is 5.32 Å². The molecule has 0 atom stereocenters. The zero-order chi connectivity index (χ0) is 18.1. The van der Waals surface area contributed by atoms with Crippen molar-refractivity contribution in [3.05, 3.63) is 59.9 Å². The molecule has 9 heteroatoms. The summed E-state index contributed by atoms with van der Waals surface area (Å²) < 4.78 is 27.5. The minimum atomic E-state index is -2.63. The maximum atomic E-state index is 12.9. The summed E-state index contributed by atoms with van der Waals surface area (Å²) in [5.74, 6) is 0.824. The second-order valence-electron chi connectivity index (χ2n) is 5.44. The predicted molar refractivity (Wildman–Crippen MR) is 98.7 cm³/mol. The normalized spacial score (nSPS) is 11.4. The fourth-order valence-electron chi connectivity index (χ4n) is 2.56. The largest absolute Gasteiger partial charge is 0.362 e. The lowest BCUT2D eigenvalue weighted by atomic mass is 10.2. The summed E-state index contributed by atoms with van der Waals surface area (Å²) in [7, 11) is 0. The molecular formula is C17H12ClF2N5S. The lowest BCUT2D eigenvalue weighted by Gasteiger charge is -2.08.